The second-order valence-electron chi connectivity index (χ2n) is 5.40. The fourth-order valence-corrected chi connectivity index (χ4v) is 1.94. The van der Waals surface area contributed by atoms with Gasteiger partial charge in [0, 0.05) is 18.8 Å². The Balaban J connectivity index is 2.33. The zero-order valence-electron chi connectivity index (χ0n) is 15.6. The maximum absolute atomic E-state index is 11.5. The summed E-state index contributed by atoms with van der Waals surface area (Å²) in [6, 6.07) is 7.07. The van der Waals surface area contributed by atoms with Crippen molar-refractivity contribution >= 4 is 11.9 Å². The molecule has 27 heavy (non-hydrogen) atoms. The normalized spacial score (nSPS) is 11.1. The Hall–Kier alpha value is -2.80. The Bertz CT molecular complexity index is 595. The van der Waals surface area contributed by atoms with Crippen LogP contribution in [0.4, 0.5) is 0 Å². The van der Waals surface area contributed by atoms with E-state index in [0.29, 0.717) is 31.8 Å². The summed E-state index contributed by atoms with van der Waals surface area (Å²) in [4.78, 5) is 22.4. The number of hydrogen-bond donors (Lipinski definition) is 0. The van der Waals surface area contributed by atoms with Gasteiger partial charge in [0.1, 0.15) is 18.1 Å². The predicted octanol–water partition coefficient (Wildman–Crippen LogP) is 2.70. The second-order valence-corrected chi connectivity index (χ2v) is 5.40. The molecule has 0 heterocycles. The molecule has 1 aromatic rings. The van der Waals surface area contributed by atoms with Crippen LogP contribution in [-0.4, -0.2) is 51.6 Å². The van der Waals surface area contributed by atoms with Gasteiger partial charge in [-0.15, -0.1) is 0 Å². The molecular formula is C20H26O7. The van der Waals surface area contributed by atoms with E-state index in [0.717, 1.165) is 17.9 Å². The summed E-state index contributed by atoms with van der Waals surface area (Å²) in [5, 5.41) is 0. The van der Waals surface area contributed by atoms with Crippen molar-refractivity contribution in [2.24, 2.45) is 0 Å². The van der Waals surface area contributed by atoms with Crippen molar-refractivity contribution < 1.29 is 33.3 Å². The summed E-state index contributed by atoms with van der Waals surface area (Å²) in [5.74, 6) is 0.361. The first-order valence-electron chi connectivity index (χ1n) is 8.56. The molecule has 0 radical (unpaired) electrons. The van der Waals surface area contributed by atoms with Crippen LogP contribution in [0, 0.1) is 0 Å². The minimum Gasteiger partial charge on any atom is -0.497 e. The highest BCUT2D eigenvalue weighted by Crippen LogP contribution is 2.17. The van der Waals surface area contributed by atoms with Gasteiger partial charge in [0.25, 0.3) is 0 Å². The molecule has 1 unspecified atom stereocenters. The smallest absolute Gasteiger partial charge is 0.330 e. The highest BCUT2D eigenvalue weighted by atomic mass is 16.6. The summed E-state index contributed by atoms with van der Waals surface area (Å²) in [6.07, 6.45) is 3.01. The third-order valence-corrected chi connectivity index (χ3v) is 3.34. The molecule has 0 aliphatic carbocycles. The summed E-state index contributed by atoms with van der Waals surface area (Å²) in [5.41, 5.74) is 0. The van der Waals surface area contributed by atoms with E-state index in [-0.39, 0.29) is 13.2 Å². The van der Waals surface area contributed by atoms with Crippen LogP contribution < -0.4 is 9.47 Å². The van der Waals surface area contributed by atoms with Gasteiger partial charge in [-0.3, -0.25) is 0 Å². The lowest BCUT2D eigenvalue weighted by Gasteiger charge is -2.18. The lowest BCUT2D eigenvalue weighted by molar-refractivity contribution is -0.148. The zero-order valence-corrected chi connectivity index (χ0v) is 15.6. The Kier molecular flexibility index (Phi) is 11.0. The van der Waals surface area contributed by atoms with E-state index >= 15 is 0 Å². The highest BCUT2D eigenvalue weighted by Gasteiger charge is 2.14. The van der Waals surface area contributed by atoms with E-state index < -0.39 is 18.0 Å². The third-order valence-electron chi connectivity index (χ3n) is 3.34. The van der Waals surface area contributed by atoms with E-state index in [1.165, 1.54) is 0 Å². The SMILES string of the molecule is C=CC(=O)OCCCCOCC(COc1ccc(OC)cc1)OC(=O)C=C. The van der Waals surface area contributed by atoms with Crippen LogP contribution in [0.5, 0.6) is 11.5 Å². The van der Waals surface area contributed by atoms with Crippen LogP contribution in [0.15, 0.2) is 49.6 Å². The first-order valence-corrected chi connectivity index (χ1v) is 8.56. The summed E-state index contributed by atoms with van der Waals surface area (Å²) in [6.45, 7) is 7.78. The van der Waals surface area contributed by atoms with Gasteiger partial charge in [-0.25, -0.2) is 9.59 Å². The van der Waals surface area contributed by atoms with Crippen LogP contribution in [0.25, 0.3) is 0 Å². The van der Waals surface area contributed by atoms with Crippen molar-refractivity contribution in [2.75, 3.05) is 33.5 Å². The van der Waals surface area contributed by atoms with Gasteiger partial charge in [-0.2, -0.15) is 0 Å². The number of ether oxygens (including phenoxy) is 5. The summed E-state index contributed by atoms with van der Waals surface area (Å²) in [7, 11) is 1.58. The number of carbonyl (C=O) groups is 2. The molecule has 0 N–H and O–H groups in total. The van der Waals surface area contributed by atoms with Crippen molar-refractivity contribution in [1.29, 1.82) is 0 Å². The molecule has 0 bridgehead atoms. The molecule has 0 fully saturated rings. The van der Waals surface area contributed by atoms with Crippen LogP contribution in [-0.2, 0) is 23.8 Å². The average Bonchev–Trinajstić information content (AvgIpc) is 2.70. The molecule has 1 atom stereocenters. The lowest BCUT2D eigenvalue weighted by atomic mass is 10.3. The predicted molar refractivity (Wildman–Crippen MR) is 99.8 cm³/mol. The van der Waals surface area contributed by atoms with Crippen molar-refractivity contribution in [1.82, 2.24) is 0 Å². The molecule has 0 amide bonds. The van der Waals surface area contributed by atoms with Crippen molar-refractivity contribution in [3.05, 3.63) is 49.6 Å². The number of rotatable bonds is 14. The molecule has 0 aliphatic rings. The molecule has 7 heteroatoms. The van der Waals surface area contributed by atoms with Crippen LogP contribution in [0.3, 0.4) is 0 Å². The topological polar surface area (TPSA) is 80.3 Å². The number of methoxy groups -OCH3 is 1. The molecule has 7 nitrogen and oxygen atoms in total. The monoisotopic (exact) mass is 378 g/mol. The Morgan fingerprint density at radius 3 is 2.22 bits per heavy atom. The quantitative estimate of drug-likeness (QED) is 0.280. The van der Waals surface area contributed by atoms with E-state index in [2.05, 4.69) is 13.2 Å². The Labute approximate surface area is 159 Å². The Morgan fingerprint density at radius 2 is 1.59 bits per heavy atom. The van der Waals surface area contributed by atoms with Gasteiger partial charge in [0.2, 0.25) is 0 Å². The summed E-state index contributed by atoms with van der Waals surface area (Å²) < 4.78 is 26.3. The average molecular weight is 378 g/mol. The van der Waals surface area contributed by atoms with Crippen molar-refractivity contribution in [3.63, 3.8) is 0 Å². The molecular weight excluding hydrogens is 352 g/mol. The van der Waals surface area contributed by atoms with Crippen LogP contribution in [0.1, 0.15) is 12.8 Å². The number of hydrogen-bond acceptors (Lipinski definition) is 7. The maximum atomic E-state index is 11.5. The van der Waals surface area contributed by atoms with Gasteiger partial charge in [-0.1, -0.05) is 13.2 Å². The van der Waals surface area contributed by atoms with E-state index in [4.69, 9.17) is 23.7 Å². The molecule has 0 spiro atoms. The highest BCUT2D eigenvalue weighted by molar-refractivity contribution is 5.81. The molecule has 0 aromatic heterocycles. The third kappa shape index (κ3) is 10.1. The number of esters is 2. The minimum absolute atomic E-state index is 0.142. The fraction of sp³-hybridized carbons (Fsp3) is 0.400. The standard InChI is InChI=1S/C20H26O7/c1-4-19(21)25-13-7-6-12-24-14-18(27-20(22)5-2)15-26-17-10-8-16(23-3)9-11-17/h4-5,8-11,18H,1-2,6-7,12-15H2,3H3. The molecule has 1 rings (SSSR count). The molecule has 0 saturated heterocycles. The molecule has 0 saturated carbocycles. The number of benzene rings is 1. The first kappa shape index (κ1) is 22.2. The van der Waals surface area contributed by atoms with Gasteiger partial charge >= 0.3 is 11.9 Å². The number of carbonyl (C=O) groups excluding carboxylic acids is 2. The van der Waals surface area contributed by atoms with Gasteiger partial charge < -0.3 is 23.7 Å². The maximum Gasteiger partial charge on any atom is 0.330 e. The molecule has 1 aromatic carbocycles. The van der Waals surface area contributed by atoms with E-state index in [1.54, 1.807) is 31.4 Å². The second kappa shape index (κ2) is 13.4. The van der Waals surface area contributed by atoms with Gasteiger partial charge in [-0.05, 0) is 37.1 Å². The van der Waals surface area contributed by atoms with E-state index in [9.17, 15) is 9.59 Å². The molecule has 0 aliphatic heterocycles. The zero-order chi connectivity index (χ0) is 19.9. The summed E-state index contributed by atoms with van der Waals surface area (Å²) >= 11 is 0. The number of unbranched alkanes of at least 4 members (excludes halogenated alkanes) is 1. The minimum atomic E-state index is -0.573. The fourth-order valence-electron chi connectivity index (χ4n) is 1.94. The Morgan fingerprint density at radius 1 is 0.963 bits per heavy atom. The van der Waals surface area contributed by atoms with Gasteiger partial charge in [0.15, 0.2) is 6.10 Å². The van der Waals surface area contributed by atoms with Crippen molar-refractivity contribution in [3.8, 4) is 11.5 Å². The molecule has 148 valence electrons. The van der Waals surface area contributed by atoms with Crippen molar-refractivity contribution in [2.45, 2.75) is 18.9 Å². The van der Waals surface area contributed by atoms with Crippen LogP contribution >= 0.6 is 0 Å². The van der Waals surface area contributed by atoms with Crippen LogP contribution in [0.2, 0.25) is 0 Å². The first-order chi connectivity index (χ1) is 13.1. The largest absolute Gasteiger partial charge is 0.497 e. The lowest BCUT2D eigenvalue weighted by Crippen LogP contribution is -2.29. The van der Waals surface area contributed by atoms with Gasteiger partial charge in [0.05, 0.1) is 20.3 Å². The van der Waals surface area contributed by atoms with E-state index in [1.807, 2.05) is 0 Å².